The van der Waals surface area contributed by atoms with E-state index < -0.39 is 5.91 Å². The molecule has 3 N–H and O–H groups in total. The summed E-state index contributed by atoms with van der Waals surface area (Å²) in [5.74, 6) is -0.394. The Hall–Kier alpha value is -2.17. The molecule has 0 unspecified atom stereocenters. The fraction of sp³-hybridized carbons (Fsp3) is 0.350. The molecule has 2 aromatic rings. The van der Waals surface area contributed by atoms with Crippen LogP contribution in [-0.4, -0.2) is 37.5 Å². The van der Waals surface area contributed by atoms with Crippen LogP contribution < -0.4 is 11.1 Å². The third-order valence-electron chi connectivity index (χ3n) is 4.78. The maximum atomic E-state index is 11.3. The van der Waals surface area contributed by atoms with Crippen LogP contribution in [0.5, 0.6) is 0 Å². The highest BCUT2D eigenvalue weighted by atomic mass is 16.1. The van der Waals surface area contributed by atoms with Crippen molar-refractivity contribution < 1.29 is 4.79 Å². The minimum Gasteiger partial charge on any atom is -0.366 e. The molecule has 0 saturated carbocycles. The van der Waals surface area contributed by atoms with Crippen molar-refractivity contribution in [1.29, 1.82) is 0 Å². The number of carbonyl (C=O) groups excluding carboxylic acids is 1. The minimum atomic E-state index is -0.394. The lowest BCUT2D eigenvalue weighted by molar-refractivity contribution is 0.100. The highest BCUT2D eigenvalue weighted by Gasteiger charge is 2.17. The molecule has 1 fully saturated rings. The summed E-state index contributed by atoms with van der Waals surface area (Å²) in [5, 5.41) is 3.43. The van der Waals surface area contributed by atoms with E-state index in [0.717, 1.165) is 17.7 Å². The van der Waals surface area contributed by atoms with Crippen molar-refractivity contribution >= 4 is 5.91 Å². The number of carbonyl (C=O) groups is 1. The van der Waals surface area contributed by atoms with E-state index in [4.69, 9.17) is 5.73 Å². The molecule has 0 radical (unpaired) electrons. The van der Waals surface area contributed by atoms with Gasteiger partial charge in [0.1, 0.15) is 0 Å². The van der Waals surface area contributed by atoms with Gasteiger partial charge in [0.15, 0.2) is 0 Å². The molecular formula is C20H25N3O. The molecule has 4 heteroatoms. The first-order chi connectivity index (χ1) is 11.7. The van der Waals surface area contributed by atoms with Crippen LogP contribution in [0.4, 0.5) is 0 Å². The second kappa shape index (κ2) is 7.60. The lowest BCUT2D eigenvalue weighted by Gasteiger charge is -2.23. The third kappa shape index (κ3) is 3.83. The van der Waals surface area contributed by atoms with Crippen molar-refractivity contribution in [2.45, 2.75) is 18.9 Å². The Morgan fingerprint density at radius 2 is 1.83 bits per heavy atom. The van der Waals surface area contributed by atoms with Crippen molar-refractivity contribution in [2.24, 2.45) is 5.73 Å². The van der Waals surface area contributed by atoms with Crippen LogP contribution in [0.1, 0.15) is 34.8 Å². The van der Waals surface area contributed by atoms with E-state index in [1.54, 1.807) is 6.07 Å². The average Bonchev–Trinajstić information content (AvgIpc) is 3.13. The predicted octanol–water partition coefficient (Wildman–Crippen LogP) is 2.81. The fourth-order valence-corrected chi connectivity index (χ4v) is 3.35. The molecule has 0 spiro atoms. The first-order valence-electron chi connectivity index (χ1n) is 8.57. The molecule has 1 amide bonds. The largest absolute Gasteiger partial charge is 0.366 e. The van der Waals surface area contributed by atoms with Crippen LogP contribution >= 0.6 is 0 Å². The van der Waals surface area contributed by atoms with Crippen molar-refractivity contribution in [1.82, 2.24) is 10.2 Å². The minimum absolute atomic E-state index is 0.342. The standard InChI is InChI=1S/C20H25N3O/c1-22-19(14-23-11-2-3-12-23)16-9-7-15(8-10-16)17-5-4-6-18(13-17)20(21)24/h4-10,13,19,22H,2-3,11-12,14H2,1H3,(H2,21,24)/t19-/m0/s1. The van der Waals surface area contributed by atoms with Gasteiger partial charge in [0, 0.05) is 18.2 Å². The van der Waals surface area contributed by atoms with E-state index in [9.17, 15) is 4.79 Å². The Bertz CT molecular complexity index is 690. The first-order valence-corrected chi connectivity index (χ1v) is 8.57. The van der Waals surface area contributed by atoms with Gasteiger partial charge in [-0.3, -0.25) is 4.79 Å². The zero-order valence-electron chi connectivity index (χ0n) is 14.2. The van der Waals surface area contributed by atoms with Gasteiger partial charge in [0.2, 0.25) is 5.91 Å². The van der Waals surface area contributed by atoms with Gasteiger partial charge in [0.05, 0.1) is 0 Å². The Balaban J connectivity index is 1.76. The zero-order chi connectivity index (χ0) is 16.9. The number of hydrogen-bond donors (Lipinski definition) is 2. The molecule has 0 aromatic heterocycles. The van der Waals surface area contributed by atoms with Gasteiger partial charge in [-0.25, -0.2) is 0 Å². The van der Waals surface area contributed by atoms with Crippen LogP contribution in [0.2, 0.25) is 0 Å². The summed E-state index contributed by atoms with van der Waals surface area (Å²) >= 11 is 0. The van der Waals surface area contributed by atoms with Gasteiger partial charge >= 0.3 is 0 Å². The second-order valence-electron chi connectivity index (χ2n) is 6.42. The molecule has 1 heterocycles. The molecule has 4 nitrogen and oxygen atoms in total. The number of nitrogens with two attached hydrogens (primary N) is 1. The summed E-state index contributed by atoms with van der Waals surface area (Å²) in [4.78, 5) is 13.9. The lowest BCUT2D eigenvalue weighted by Crippen LogP contribution is -2.31. The highest BCUT2D eigenvalue weighted by Crippen LogP contribution is 2.24. The van der Waals surface area contributed by atoms with Crippen LogP contribution in [-0.2, 0) is 0 Å². The Kier molecular flexibility index (Phi) is 5.28. The van der Waals surface area contributed by atoms with Crippen molar-refractivity contribution in [3.63, 3.8) is 0 Å². The van der Waals surface area contributed by atoms with E-state index in [1.165, 1.54) is 31.5 Å². The normalized spacial score (nSPS) is 16.2. The van der Waals surface area contributed by atoms with Crippen molar-refractivity contribution in [2.75, 3.05) is 26.7 Å². The average molecular weight is 323 g/mol. The Morgan fingerprint density at radius 1 is 1.12 bits per heavy atom. The highest BCUT2D eigenvalue weighted by molar-refractivity contribution is 5.94. The second-order valence-corrected chi connectivity index (χ2v) is 6.42. The van der Waals surface area contributed by atoms with Crippen LogP contribution in [0, 0.1) is 0 Å². The maximum absolute atomic E-state index is 11.3. The van der Waals surface area contributed by atoms with E-state index >= 15 is 0 Å². The van der Waals surface area contributed by atoms with E-state index in [1.807, 2.05) is 25.2 Å². The van der Waals surface area contributed by atoms with E-state index in [-0.39, 0.29) is 0 Å². The molecule has 1 saturated heterocycles. The first kappa shape index (κ1) is 16.7. The number of likely N-dealkylation sites (N-methyl/N-ethyl adjacent to an activating group) is 1. The number of amides is 1. The Morgan fingerprint density at radius 3 is 2.46 bits per heavy atom. The topological polar surface area (TPSA) is 58.4 Å². The molecule has 0 aliphatic carbocycles. The van der Waals surface area contributed by atoms with Gasteiger partial charge in [-0.1, -0.05) is 36.4 Å². The number of hydrogen-bond acceptors (Lipinski definition) is 3. The van der Waals surface area contributed by atoms with Gasteiger partial charge in [-0.05, 0) is 61.8 Å². The molecule has 24 heavy (non-hydrogen) atoms. The summed E-state index contributed by atoms with van der Waals surface area (Å²) in [5.41, 5.74) is 9.31. The van der Waals surface area contributed by atoms with Crippen LogP contribution in [0.15, 0.2) is 48.5 Å². The molecule has 1 aliphatic rings. The summed E-state index contributed by atoms with van der Waals surface area (Å²) in [6.45, 7) is 3.46. The summed E-state index contributed by atoms with van der Waals surface area (Å²) in [6, 6.07) is 16.4. The summed E-state index contributed by atoms with van der Waals surface area (Å²) in [7, 11) is 2.02. The SMILES string of the molecule is CN[C@@H](CN1CCCC1)c1ccc(-c2cccc(C(N)=O)c2)cc1. The zero-order valence-corrected chi connectivity index (χ0v) is 14.2. The van der Waals surface area contributed by atoms with Crippen LogP contribution in [0.25, 0.3) is 11.1 Å². The maximum Gasteiger partial charge on any atom is 0.248 e. The summed E-state index contributed by atoms with van der Waals surface area (Å²) in [6.07, 6.45) is 2.62. The molecular weight excluding hydrogens is 298 g/mol. The number of rotatable bonds is 6. The Labute approximate surface area is 143 Å². The number of likely N-dealkylation sites (tertiary alicyclic amines) is 1. The summed E-state index contributed by atoms with van der Waals surface area (Å²) < 4.78 is 0. The molecule has 126 valence electrons. The molecule has 1 aliphatic heterocycles. The molecule has 1 atom stereocenters. The third-order valence-corrected chi connectivity index (χ3v) is 4.78. The number of nitrogens with zero attached hydrogens (tertiary/aromatic N) is 1. The smallest absolute Gasteiger partial charge is 0.248 e. The quantitative estimate of drug-likeness (QED) is 0.859. The lowest BCUT2D eigenvalue weighted by atomic mass is 9.99. The number of benzene rings is 2. The van der Waals surface area contributed by atoms with Gasteiger partial charge in [-0.15, -0.1) is 0 Å². The van der Waals surface area contributed by atoms with E-state index in [0.29, 0.717) is 11.6 Å². The van der Waals surface area contributed by atoms with Gasteiger partial charge in [-0.2, -0.15) is 0 Å². The van der Waals surface area contributed by atoms with Crippen molar-refractivity contribution in [3.8, 4) is 11.1 Å². The molecule has 3 rings (SSSR count). The van der Waals surface area contributed by atoms with E-state index in [2.05, 4.69) is 34.5 Å². The number of nitrogens with one attached hydrogen (secondary N) is 1. The monoisotopic (exact) mass is 323 g/mol. The molecule has 0 bridgehead atoms. The predicted molar refractivity (Wildman–Crippen MR) is 97.9 cm³/mol. The molecule has 2 aromatic carbocycles. The van der Waals surface area contributed by atoms with Gasteiger partial charge in [0.25, 0.3) is 0 Å². The van der Waals surface area contributed by atoms with Crippen LogP contribution in [0.3, 0.4) is 0 Å². The van der Waals surface area contributed by atoms with Gasteiger partial charge < -0.3 is 16.0 Å². The number of primary amides is 1. The van der Waals surface area contributed by atoms with Crippen molar-refractivity contribution in [3.05, 3.63) is 59.7 Å². The fourth-order valence-electron chi connectivity index (χ4n) is 3.35.